The molecule has 10 nitrogen and oxygen atoms in total. The highest BCUT2D eigenvalue weighted by atomic mass is 16.5. The van der Waals surface area contributed by atoms with Crippen LogP contribution in [0.5, 0.6) is 5.75 Å². The van der Waals surface area contributed by atoms with Gasteiger partial charge < -0.3 is 14.2 Å². The summed E-state index contributed by atoms with van der Waals surface area (Å²) in [5.41, 5.74) is 2.39. The molecule has 1 aliphatic rings. The van der Waals surface area contributed by atoms with Crippen molar-refractivity contribution < 1.29 is 4.74 Å². The van der Waals surface area contributed by atoms with Crippen molar-refractivity contribution in [3.8, 4) is 5.75 Å². The van der Waals surface area contributed by atoms with Gasteiger partial charge in [0, 0.05) is 44.7 Å². The molecule has 0 unspecified atom stereocenters. The minimum Gasteiger partial charge on any atom is -0.491 e. The number of benzene rings is 1. The second-order valence-corrected chi connectivity index (χ2v) is 7.99. The van der Waals surface area contributed by atoms with Gasteiger partial charge in [0.15, 0.2) is 11.6 Å². The van der Waals surface area contributed by atoms with E-state index in [1.807, 2.05) is 10.8 Å². The van der Waals surface area contributed by atoms with Crippen LogP contribution in [0.1, 0.15) is 12.0 Å². The van der Waals surface area contributed by atoms with Gasteiger partial charge in [-0.25, -0.2) is 9.97 Å². The predicted octanol–water partition coefficient (Wildman–Crippen LogP) is 1.69. The summed E-state index contributed by atoms with van der Waals surface area (Å²) < 4.78 is 9.50. The molecule has 10 heteroatoms. The Morgan fingerprint density at radius 2 is 1.84 bits per heavy atom. The van der Waals surface area contributed by atoms with Gasteiger partial charge in [0.05, 0.1) is 31.6 Å². The first kappa shape index (κ1) is 20.4. The number of anilines is 1. The number of rotatable bonds is 8. The standard InChI is InChI=1S/C22H27N9O/c1-32-21-13-23-15-24-22(21)30-9-7-28(8-10-30)5-2-6-31-20-11-18(3-4-19(20)12-27-31)14-29-16-25-26-17-29/h3-4,11-13,15-17H,2,5-10,14H2,1H3. The molecule has 0 spiro atoms. The van der Waals surface area contributed by atoms with E-state index in [1.54, 1.807) is 32.3 Å². The molecule has 1 aromatic carbocycles. The van der Waals surface area contributed by atoms with E-state index in [1.165, 1.54) is 16.5 Å². The van der Waals surface area contributed by atoms with Crippen molar-refractivity contribution in [2.45, 2.75) is 19.5 Å². The fourth-order valence-electron chi connectivity index (χ4n) is 4.23. The van der Waals surface area contributed by atoms with Crippen molar-refractivity contribution in [1.29, 1.82) is 0 Å². The van der Waals surface area contributed by atoms with Crippen molar-refractivity contribution in [2.24, 2.45) is 0 Å². The third-order valence-corrected chi connectivity index (χ3v) is 5.94. The zero-order valence-electron chi connectivity index (χ0n) is 18.2. The summed E-state index contributed by atoms with van der Waals surface area (Å²) in [4.78, 5) is 13.2. The molecule has 0 radical (unpaired) electrons. The van der Waals surface area contributed by atoms with Crippen LogP contribution in [0.2, 0.25) is 0 Å². The van der Waals surface area contributed by atoms with Crippen molar-refractivity contribution in [1.82, 2.24) is 39.4 Å². The molecule has 0 aliphatic carbocycles. The van der Waals surface area contributed by atoms with Crippen molar-refractivity contribution in [2.75, 3.05) is 44.7 Å². The summed E-state index contributed by atoms with van der Waals surface area (Å²) in [5, 5.41) is 13.5. The van der Waals surface area contributed by atoms with E-state index in [9.17, 15) is 0 Å². The van der Waals surface area contributed by atoms with Crippen molar-refractivity contribution in [3.63, 3.8) is 0 Å². The number of hydrogen-bond donors (Lipinski definition) is 0. The van der Waals surface area contributed by atoms with Crippen LogP contribution in [0.4, 0.5) is 5.82 Å². The molecule has 3 aromatic heterocycles. The van der Waals surface area contributed by atoms with Gasteiger partial charge in [-0.05, 0) is 18.1 Å². The Balaban J connectivity index is 1.15. The number of piperazine rings is 1. The van der Waals surface area contributed by atoms with Gasteiger partial charge in [-0.2, -0.15) is 5.10 Å². The Hall–Kier alpha value is -3.53. The van der Waals surface area contributed by atoms with Crippen molar-refractivity contribution in [3.05, 3.63) is 55.1 Å². The lowest BCUT2D eigenvalue weighted by atomic mass is 10.1. The van der Waals surface area contributed by atoms with Crippen LogP contribution in [-0.2, 0) is 13.1 Å². The number of fused-ring (bicyclic) bond motifs is 1. The molecule has 5 rings (SSSR count). The fourth-order valence-corrected chi connectivity index (χ4v) is 4.23. The zero-order valence-corrected chi connectivity index (χ0v) is 18.2. The van der Waals surface area contributed by atoms with Crippen LogP contribution in [0.3, 0.4) is 0 Å². The second kappa shape index (κ2) is 9.31. The third-order valence-electron chi connectivity index (χ3n) is 5.94. The van der Waals surface area contributed by atoms with E-state index in [4.69, 9.17) is 4.74 Å². The maximum absolute atomic E-state index is 5.41. The van der Waals surface area contributed by atoms with Crippen molar-refractivity contribution >= 4 is 16.7 Å². The highest BCUT2D eigenvalue weighted by molar-refractivity contribution is 5.79. The fraction of sp³-hybridized carbons (Fsp3) is 0.409. The maximum atomic E-state index is 5.41. The Morgan fingerprint density at radius 1 is 1.00 bits per heavy atom. The predicted molar refractivity (Wildman–Crippen MR) is 121 cm³/mol. The second-order valence-electron chi connectivity index (χ2n) is 7.99. The lowest BCUT2D eigenvalue weighted by Gasteiger charge is -2.35. The van der Waals surface area contributed by atoms with Gasteiger partial charge in [0.2, 0.25) is 0 Å². The summed E-state index contributed by atoms with van der Waals surface area (Å²) in [6, 6.07) is 6.50. The van der Waals surface area contributed by atoms with E-state index >= 15 is 0 Å². The van der Waals surface area contributed by atoms with Crippen LogP contribution in [-0.4, -0.2) is 79.2 Å². The van der Waals surface area contributed by atoms with E-state index in [0.29, 0.717) is 0 Å². The van der Waals surface area contributed by atoms with Crippen LogP contribution in [0.15, 0.2) is 49.6 Å². The quantitative estimate of drug-likeness (QED) is 0.415. The van der Waals surface area contributed by atoms with Gasteiger partial charge in [-0.3, -0.25) is 9.58 Å². The van der Waals surface area contributed by atoms with Crippen LogP contribution < -0.4 is 9.64 Å². The number of nitrogens with zero attached hydrogens (tertiary/aromatic N) is 9. The molecule has 166 valence electrons. The lowest BCUT2D eigenvalue weighted by Crippen LogP contribution is -2.47. The monoisotopic (exact) mass is 433 g/mol. The summed E-state index contributed by atoms with van der Waals surface area (Å²) >= 11 is 0. The molecule has 0 atom stereocenters. The van der Waals surface area contributed by atoms with Gasteiger partial charge in [-0.15, -0.1) is 10.2 Å². The summed E-state index contributed by atoms with van der Waals surface area (Å²) in [5.74, 6) is 1.61. The molecule has 0 bridgehead atoms. The first-order valence-electron chi connectivity index (χ1n) is 10.9. The van der Waals surface area contributed by atoms with E-state index in [2.05, 4.69) is 57.9 Å². The number of aromatic nitrogens is 7. The Bertz CT molecular complexity index is 1150. The SMILES string of the molecule is COc1cncnc1N1CCN(CCCn2ncc3ccc(Cn4cnnc4)cc32)CC1. The molecular weight excluding hydrogens is 406 g/mol. The highest BCUT2D eigenvalue weighted by Crippen LogP contribution is 2.24. The van der Waals surface area contributed by atoms with E-state index in [-0.39, 0.29) is 0 Å². The molecule has 1 aliphatic heterocycles. The maximum Gasteiger partial charge on any atom is 0.179 e. The minimum absolute atomic E-state index is 0.732. The number of aryl methyl sites for hydroxylation is 1. The average molecular weight is 434 g/mol. The largest absolute Gasteiger partial charge is 0.491 e. The normalized spacial score (nSPS) is 14.8. The molecule has 4 aromatic rings. The summed E-state index contributed by atoms with van der Waals surface area (Å²) in [6.07, 6.45) is 9.79. The molecule has 0 amide bonds. The lowest BCUT2D eigenvalue weighted by molar-refractivity contribution is 0.248. The van der Waals surface area contributed by atoms with Crippen LogP contribution in [0.25, 0.3) is 10.9 Å². The molecule has 0 N–H and O–H groups in total. The van der Waals surface area contributed by atoms with Gasteiger partial charge in [0.1, 0.15) is 19.0 Å². The first-order chi connectivity index (χ1) is 15.8. The van der Waals surface area contributed by atoms with Crippen LogP contribution in [0, 0.1) is 0 Å². The third kappa shape index (κ3) is 4.40. The number of ether oxygens (including phenoxy) is 1. The molecule has 4 heterocycles. The van der Waals surface area contributed by atoms with Gasteiger partial charge >= 0.3 is 0 Å². The summed E-state index contributed by atoms with van der Waals surface area (Å²) in [7, 11) is 1.66. The van der Waals surface area contributed by atoms with E-state index < -0.39 is 0 Å². The summed E-state index contributed by atoms with van der Waals surface area (Å²) in [6.45, 7) is 6.60. The molecule has 32 heavy (non-hydrogen) atoms. The Labute approximate surface area is 186 Å². The topological polar surface area (TPSA) is 90.0 Å². The van der Waals surface area contributed by atoms with Gasteiger partial charge in [-0.1, -0.05) is 12.1 Å². The highest BCUT2D eigenvalue weighted by Gasteiger charge is 2.20. The zero-order chi connectivity index (χ0) is 21.8. The molecule has 1 saturated heterocycles. The Kier molecular flexibility index (Phi) is 5.93. The molecule has 1 fully saturated rings. The molecular formula is C22H27N9O. The minimum atomic E-state index is 0.732. The number of methoxy groups -OCH3 is 1. The van der Waals surface area contributed by atoms with Crippen LogP contribution >= 0.6 is 0 Å². The van der Waals surface area contributed by atoms with Gasteiger partial charge in [0.25, 0.3) is 0 Å². The average Bonchev–Trinajstić information content (AvgIpc) is 3.49. The first-order valence-corrected chi connectivity index (χ1v) is 10.9. The molecule has 0 saturated carbocycles. The van der Waals surface area contributed by atoms with E-state index in [0.717, 1.165) is 63.8 Å². The smallest absolute Gasteiger partial charge is 0.179 e. The Morgan fingerprint density at radius 3 is 2.66 bits per heavy atom. The number of hydrogen-bond acceptors (Lipinski definition) is 8.